The third kappa shape index (κ3) is 5.70. The molecule has 7 nitrogen and oxygen atoms in total. The number of carbonyl (C=O) groups excluding carboxylic acids is 1. The Hall–Kier alpha value is -3.78. The maximum atomic E-state index is 12.9. The number of fused-ring (bicyclic) bond motifs is 2. The van der Waals surface area contributed by atoms with E-state index in [2.05, 4.69) is 33.7 Å². The van der Waals surface area contributed by atoms with Crippen LogP contribution in [-0.4, -0.2) is 32.7 Å². The number of amides is 1. The lowest BCUT2D eigenvalue weighted by molar-refractivity contribution is -0.126. The molecule has 0 saturated carbocycles. The molecule has 0 fully saturated rings. The molecular formula is C30H32ClN5O2. The summed E-state index contributed by atoms with van der Waals surface area (Å²) >= 11 is 6.61. The van der Waals surface area contributed by atoms with Crippen LogP contribution in [0.25, 0.3) is 27.5 Å². The minimum atomic E-state index is -1.08. The van der Waals surface area contributed by atoms with Crippen molar-refractivity contribution < 1.29 is 9.53 Å². The van der Waals surface area contributed by atoms with Crippen molar-refractivity contribution in [3.8, 4) is 11.1 Å². The van der Waals surface area contributed by atoms with E-state index in [0.717, 1.165) is 27.5 Å². The number of pyridine rings is 1. The Morgan fingerprint density at radius 3 is 2.50 bits per heavy atom. The molecule has 5 aromatic rings. The zero-order chi connectivity index (χ0) is 26.0. The van der Waals surface area contributed by atoms with E-state index in [9.17, 15) is 4.79 Å². The Kier molecular flexibility index (Phi) is 8.11. The minimum absolute atomic E-state index is 0. The topological polar surface area (TPSA) is 94.5 Å². The maximum absolute atomic E-state index is 12.9. The molecule has 2 aromatic heterocycles. The first-order valence-corrected chi connectivity index (χ1v) is 12.4. The Morgan fingerprint density at radius 2 is 1.74 bits per heavy atom. The number of aromatic nitrogens is 3. The number of nitrogens with two attached hydrogens (primary N) is 1. The molecular weight excluding hydrogens is 498 g/mol. The van der Waals surface area contributed by atoms with Gasteiger partial charge in [-0.25, -0.2) is 0 Å². The highest BCUT2D eigenvalue weighted by Gasteiger charge is 2.28. The highest BCUT2D eigenvalue weighted by Crippen LogP contribution is 2.33. The predicted molar refractivity (Wildman–Crippen MR) is 153 cm³/mol. The van der Waals surface area contributed by atoms with Crippen LogP contribution in [0, 0.1) is 0 Å². The number of nitrogens with one attached hydrogen (secondary N) is 1. The van der Waals surface area contributed by atoms with Gasteiger partial charge in [0, 0.05) is 11.8 Å². The maximum Gasteiger partial charge on any atom is 0.240 e. The summed E-state index contributed by atoms with van der Waals surface area (Å²) in [7, 11) is 0. The molecule has 0 radical (unpaired) electrons. The number of hydrogen-bond donors (Lipinski definition) is 2. The molecule has 2 heterocycles. The fourth-order valence-corrected chi connectivity index (χ4v) is 4.47. The standard InChI is InChI=1S/C29H28ClN5O2.CH4/c1-29(2,31)28(36)32-25(18-37-17-19-9-4-3-5-10-19)27-34-33-26-24(15-21(30)16-35(26)27)23-14-8-12-20-11-6-7-13-22(20)23;/h3-16,25H,17-18,31H2,1-2H3,(H,32,36);1H4/t25-;/m1./s1. The van der Waals surface area contributed by atoms with Gasteiger partial charge in [-0.2, -0.15) is 0 Å². The number of nitrogens with zero attached hydrogens (tertiary/aromatic N) is 3. The lowest BCUT2D eigenvalue weighted by Crippen LogP contribution is -2.50. The number of hydrogen-bond acceptors (Lipinski definition) is 5. The van der Waals surface area contributed by atoms with E-state index in [0.29, 0.717) is 23.1 Å². The molecule has 0 aliphatic carbocycles. The van der Waals surface area contributed by atoms with Crippen molar-refractivity contribution in [3.63, 3.8) is 0 Å². The van der Waals surface area contributed by atoms with Gasteiger partial charge in [-0.15, -0.1) is 10.2 Å². The largest absolute Gasteiger partial charge is 0.374 e. The van der Waals surface area contributed by atoms with Crippen LogP contribution < -0.4 is 11.1 Å². The predicted octanol–water partition coefficient (Wildman–Crippen LogP) is 5.95. The lowest BCUT2D eigenvalue weighted by Gasteiger charge is -2.23. The van der Waals surface area contributed by atoms with Crippen molar-refractivity contribution in [2.45, 2.75) is 39.5 Å². The van der Waals surface area contributed by atoms with Gasteiger partial charge in [0.1, 0.15) is 6.04 Å². The Labute approximate surface area is 227 Å². The van der Waals surface area contributed by atoms with Crippen LogP contribution in [0.2, 0.25) is 5.02 Å². The first-order valence-electron chi connectivity index (χ1n) is 12.0. The third-order valence-corrected chi connectivity index (χ3v) is 6.38. The SMILES string of the molecule is C.CC(C)(N)C(=O)N[C@H](COCc1ccccc1)c1nnc2c(-c3cccc4ccccc34)cc(Cl)cn12. The first-order chi connectivity index (χ1) is 17.8. The summed E-state index contributed by atoms with van der Waals surface area (Å²) in [5.74, 6) is 0.179. The molecule has 1 amide bonds. The molecule has 0 saturated heterocycles. The van der Waals surface area contributed by atoms with E-state index >= 15 is 0 Å². The molecule has 0 aliphatic rings. The molecule has 0 unspecified atom stereocenters. The fraction of sp³-hybridized carbons (Fsp3) is 0.233. The molecule has 38 heavy (non-hydrogen) atoms. The Balaban J connectivity index is 0.00000336. The van der Waals surface area contributed by atoms with Crippen LogP contribution in [0.5, 0.6) is 0 Å². The first kappa shape index (κ1) is 27.3. The summed E-state index contributed by atoms with van der Waals surface area (Å²) < 4.78 is 7.82. The van der Waals surface area contributed by atoms with E-state index in [-0.39, 0.29) is 19.9 Å². The molecule has 3 N–H and O–H groups in total. The van der Waals surface area contributed by atoms with Crippen LogP contribution >= 0.6 is 11.6 Å². The molecule has 1 atom stereocenters. The normalized spacial score (nSPS) is 12.3. The summed E-state index contributed by atoms with van der Waals surface area (Å²) in [4.78, 5) is 12.9. The van der Waals surface area contributed by atoms with Gasteiger partial charge < -0.3 is 15.8 Å². The molecule has 0 spiro atoms. The second-order valence-corrected chi connectivity index (χ2v) is 10.0. The van der Waals surface area contributed by atoms with Crippen molar-refractivity contribution in [1.29, 1.82) is 0 Å². The summed E-state index contributed by atoms with van der Waals surface area (Å²) in [5, 5.41) is 14.7. The molecule has 0 bridgehead atoms. The van der Waals surface area contributed by atoms with Gasteiger partial charge in [0.25, 0.3) is 0 Å². The average Bonchev–Trinajstić information content (AvgIpc) is 3.31. The minimum Gasteiger partial charge on any atom is -0.374 e. The van der Waals surface area contributed by atoms with Crippen molar-refractivity contribution in [2.75, 3.05) is 6.61 Å². The van der Waals surface area contributed by atoms with Gasteiger partial charge in [0.2, 0.25) is 5.91 Å². The quantitative estimate of drug-likeness (QED) is 0.259. The second-order valence-electron chi connectivity index (χ2n) is 9.60. The van der Waals surface area contributed by atoms with Gasteiger partial charge in [-0.05, 0) is 41.8 Å². The summed E-state index contributed by atoms with van der Waals surface area (Å²) in [6.45, 7) is 3.87. The number of rotatable bonds is 8. The van der Waals surface area contributed by atoms with Crippen molar-refractivity contribution >= 4 is 33.9 Å². The van der Waals surface area contributed by atoms with Crippen LogP contribution in [-0.2, 0) is 16.1 Å². The van der Waals surface area contributed by atoms with Gasteiger partial charge in [-0.1, -0.05) is 91.8 Å². The lowest BCUT2D eigenvalue weighted by atomic mass is 9.99. The summed E-state index contributed by atoms with van der Waals surface area (Å²) in [5.41, 5.74) is 8.49. The van der Waals surface area contributed by atoms with E-state index in [1.165, 1.54) is 0 Å². The number of halogens is 1. The number of benzene rings is 3. The molecule has 0 aliphatic heterocycles. The molecule has 8 heteroatoms. The highest BCUT2D eigenvalue weighted by molar-refractivity contribution is 6.31. The van der Waals surface area contributed by atoms with Crippen LogP contribution in [0.1, 0.15) is 38.7 Å². The van der Waals surface area contributed by atoms with Crippen LogP contribution in [0.15, 0.2) is 85.1 Å². The molecule has 196 valence electrons. The fourth-order valence-electron chi connectivity index (χ4n) is 4.27. The van der Waals surface area contributed by atoms with Crippen molar-refractivity contribution in [1.82, 2.24) is 19.9 Å². The third-order valence-electron chi connectivity index (χ3n) is 6.18. The number of carbonyl (C=O) groups is 1. The van der Waals surface area contributed by atoms with E-state index < -0.39 is 11.6 Å². The summed E-state index contributed by atoms with van der Waals surface area (Å²) in [6, 6.07) is 25.4. The number of ether oxygens (including phenoxy) is 1. The van der Waals surface area contributed by atoms with E-state index in [1.807, 2.05) is 65.1 Å². The van der Waals surface area contributed by atoms with E-state index in [4.69, 9.17) is 22.1 Å². The van der Waals surface area contributed by atoms with Crippen molar-refractivity contribution in [3.05, 3.63) is 101 Å². The Morgan fingerprint density at radius 1 is 1.03 bits per heavy atom. The van der Waals surface area contributed by atoms with Crippen LogP contribution in [0.3, 0.4) is 0 Å². The van der Waals surface area contributed by atoms with Crippen LogP contribution in [0.4, 0.5) is 0 Å². The molecule has 3 aromatic carbocycles. The summed E-state index contributed by atoms with van der Waals surface area (Å²) in [6.07, 6.45) is 1.75. The Bertz CT molecular complexity index is 1550. The van der Waals surface area contributed by atoms with Gasteiger partial charge in [-0.3, -0.25) is 9.20 Å². The van der Waals surface area contributed by atoms with Crippen molar-refractivity contribution in [2.24, 2.45) is 5.73 Å². The second kappa shape index (κ2) is 11.3. The van der Waals surface area contributed by atoms with Gasteiger partial charge in [0.15, 0.2) is 11.5 Å². The zero-order valence-corrected chi connectivity index (χ0v) is 21.4. The van der Waals surface area contributed by atoms with Gasteiger partial charge in [0.05, 0.1) is 23.8 Å². The average molecular weight is 530 g/mol. The smallest absolute Gasteiger partial charge is 0.240 e. The highest BCUT2D eigenvalue weighted by atomic mass is 35.5. The monoisotopic (exact) mass is 529 g/mol. The van der Waals surface area contributed by atoms with E-state index in [1.54, 1.807) is 20.0 Å². The van der Waals surface area contributed by atoms with Gasteiger partial charge >= 0.3 is 0 Å². The molecule has 5 rings (SSSR count). The zero-order valence-electron chi connectivity index (χ0n) is 20.7.